The highest BCUT2D eigenvalue weighted by molar-refractivity contribution is 5.75. The van der Waals surface area contributed by atoms with Crippen LogP contribution in [0.1, 0.15) is 33.6 Å². The van der Waals surface area contributed by atoms with Crippen molar-refractivity contribution in [2.24, 2.45) is 5.92 Å². The third-order valence-electron chi connectivity index (χ3n) is 2.79. The molecule has 0 saturated heterocycles. The molecular weight excluding hydrogens is 208 g/mol. The maximum absolute atomic E-state index is 11.7. The minimum atomic E-state index is -0.898. The molecule has 2 amide bonds. The Bertz CT molecular complexity index is 239. The van der Waals surface area contributed by atoms with Gasteiger partial charge in [0.1, 0.15) is 0 Å². The van der Waals surface area contributed by atoms with Crippen LogP contribution in [0.3, 0.4) is 0 Å². The number of urea groups is 1. The molecule has 0 aliphatic rings. The van der Waals surface area contributed by atoms with Crippen molar-refractivity contribution >= 4 is 12.0 Å². The van der Waals surface area contributed by atoms with Crippen molar-refractivity contribution in [3.05, 3.63) is 0 Å². The number of carboxylic acids is 1. The number of hydrogen-bond acceptors (Lipinski definition) is 2. The summed E-state index contributed by atoms with van der Waals surface area (Å²) in [4.78, 5) is 23.8. The largest absolute Gasteiger partial charge is 0.481 e. The van der Waals surface area contributed by atoms with E-state index in [4.69, 9.17) is 5.11 Å². The average Bonchev–Trinajstić information content (AvgIpc) is 2.26. The zero-order valence-corrected chi connectivity index (χ0v) is 10.5. The van der Waals surface area contributed by atoms with Crippen LogP contribution in [0.25, 0.3) is 0 Å². The molecule has 0 rings (SSSR count). The minimum Gasteiger partial charge on any atom is -0.481 e. The van der Waals surface area contributed by atoms with Crippen LogP contribution in [0.15, 0.2) is 0 Å². The number of carboxylic acid groups (broad SMARTS) is 1. The lowest BCUT2D eigenvalue weighted by molar-refractivity contribution is -0.140. The smallest absolute Gasteiger partial charge is 0.317 e. The monoisotopic (exact) mass is 230 g/mol. The fraction of sp³-hybridized carbons (Fsp3) is 0.818. The number of carbonyl (C=O) groups excluding carboxylic acids is 1. The van der Waals surface area contributed by atoms with Crippen LogP contribution in [-0.4, -0.2) is 41.6 Å². The molecule has 0 aromatic heterocycles. The molecule has 0 radical (unpaired) electrons. The molecule has 0 fully saturated rings. The summed E-state index contributed by atoms with van der Waals surface area (Å²) >= 11 is 0. The van der Waals surface area contributed by atoms with Gasteiger partial charge >= 0.3 is 12.0 Å². The molecule has 5 heteroatoms. The van der Waals surface area contributed by atoms with Gasteiger partial charge in [-0.1, -0.05) is 20.8 Å². The molecule has 0 aliphatic heterocycles. The van der Waals surface area contributed by atoms with E-state index in [1.54, 1.807) is 18.9 Å². The fourth-order valence-corrected chi connectivity index (χ4v) is 1.45. The highest BCUT2D eigenvalue weighted by Gasteiger charge is 2.18. The van der Waals surface area contributed by atoms with Gasteiger partial charge in [-0.15, -0.1) is 0 Å². The normalized spacial score (nSPS) is 12.3. The lowest BCUT2D eigenvalue weighted by Crippen LogP contribution is -2.45. The average molecular weight is 230 g/mol. The van der Waals surface area contributed by atoms with Crippen molar-refractivity contribution in [2.45, 2.75) is 39.7 Å². The van der Waals surface area contributed by atoms with Gasteiger partial charge in [-0.3, -0.25) is 4.79 Å². The van der Waals surface area contributed by atoms with Crippen molar-refractivity contribution < 1.29 is 14.7 Å². The molecule has 2 N–H and O–H groups in total. The first-order valence-corrected chi connectivity index (χ1v) is 5.67. The summed E-state index contributed by atoms with van der Waals surface area (Å²) in [6.07, 6.45) is 1.80. The number of amides is 2. The molecule has 1 atom stereocenters. The van der Waals surface area contributed by atoms with Crippen molar-refractivity contribution in [3.8, 4) is 0 Å². The number of nitrogens with one attached hydrogen (secondary N) is 1. The third kappa shape index (κ3) is 4.51. The SMILES string of the molecule is CCC(CC)N(C)C(=O)NCC(C)C(=O)O. The molecule has 0 saturated carbocycles. The maximum Gasteiger partial charge on any atom is 0.317 e. The zero-order chi connectivity index (χ0) is 12.7. The van der Waals surface area contributed by atoms with Crippen molar-refractivity contribution in [1.82, 2.24) is 10.2 Å². The Morgan fingerprint density at radius 1 is 1.31 bits per heavy atom. The molecule has 16 heavy (non-hydrogen) atoms. The van der Waals surface area contributed by atoms with Crippen LogP contribution in [0.4, 0.5) is 4.79 Å². The first-order chi connectivity index (χ1) is 7.43. The van der Waals surface area contributed by atoms with E-state index in [0.717, 1.165) is 12.8 Å². The van der Waals surface area contributed by atoms with Crippen LogP contribution in [0.2, 0.25) is 0 Å². The van der Waals surface area contributed by atoms with E-state index in [1.165, 1.54) is 0 Å². The quantitative estimate of drug-likeness (QED) is 0.727. The molecule has 0 bridgehead atoms. The van der Waals surface area contributed by atoms with Crippen molar-refractivity contribution in [2.75, 3.05) is 13.6 Å². The predicted octanol–water partition coefficient (Wildman–Crippen LogP) is 1.54. The number of carbonyl (C=O) groups is 2. The Balaban J connectivity index is 4.10. The van der Waals surface area contributed by atoms with Crippen molar-refractivity contribution in [3.63, 3.8) is 0 Å². The Kier molecular flexibility index (Phi) is 6.53. The second-order valence-corrected chi connectivity index (χ2v) is 4.01. The van der Waals surface area contributed by atoms with Gasteiger partial charge in [-0.05, 0) is 12.8 Å². The van der Waals surface area contributed by atoms with Gasteiger partial charge in [0.05, 0.1) is 5.92 Å². The zero-order valence-electron chi connectivity index (χ0n) is 10.5. The topological polar surface area (TPSA) is 69.6 Å². The number of rotatable bonds is 6. The first-order valence-electron chi connectivity index (χ1n) is 5.67. The molecule has 1 unspecified atom stereocenters. The van der Waals surface area contributed by atoms with E-state index in [0.29, 0.717) is 0 Å². The molecule has 5 nitrogen and oxygen atoms in total. The second kappa shape index (κ2) is 7.09. The summed E-state index contributed by atoms with van der Waals surface area (Å²) in [5.74, 6) is -1.45. The maximum atomic E-state index is 11.7. The van der Waals surface area contributed by atoms with E-state index in [9.17, 15) is 9.59 Å². The lowest BCUT2D eigenvalue weighted by Gasteiger charge is -2.26. The van der Waals surface area contributed by atoms with Crippen LogP contribution < -0.4 is 5.32 Å². The number of hydrogen-bond donors (Lipinski definition) is 2. The van der Waals surface area contributed by atoms with E-state index in [-0.39, 0.29) is 18.6 Å². The minimum absolute atomic E-state index is 0.165. The van der Waals surface area contributed by atoms with E-state index >= 15 is 0 Å². The van der Waals surface area contributed by atoms with Gasteiger partial charge in [0.25, 0.3) is 0 Å². The molecule has 0 aromatic carbocycles. The molecule has 0 aromatic rings. The number of nitrogens with zero attached hydrogens (tertiary/aromatic N) is 1. The Hall–Kier alpha value is -1.26. The van der Waals surface area contributed by atoms with Gasteiger partial charge in [0.2, 0.25) is 0 Å². The number of aliphatic carboxylic acids is 1. The molecule has 94 valence electrons. The van der Waals surface area contributed by atoms with Gasteiger partial charge in [0, 0.05) is 19.6 Å². The lowest BCUT2D eigenvalue weighted by atomic mass is 10.1. The summed E-state index contributed by atoms with van der Waals surface area (Å²) < 4.78 is 0. The molecule has 0 heterocycles. The Morgan fingerprint density at radius 3 is 2.19 bits per heavy atom. The Morgan fingerprint density at radius 2 is 1.81 bits per heavy atom. The van der Waals surface area contributed by atoms with Crippen LogP contribution >= 0.6 is 0 Å². The summed E-state index contributed by atoms with van der Waals surface area (Å²) in [7, 11) is 1.73. The van der Waals surface area contributed by atoms with Gasteiger partial charge in [0.15, 0.2) is 0 Å². The van der Waals surface area contributed by atoms with Crippen LogP contribution in [-0.2, 0) is 4.79 Å². The van der Waals surface area contributed by atoms with Crippen LogP contribution in [0.5, 0.6) is 0 Å². The highest BCUT2D eigenvalue weighted by Crippen LogP contribution is 2.06. The highest BCUT2D eigenvalue weighted by atomic mass is 16.4. The van der Waals surface area contributed by atoms with Crippen LogP contribution in [0, 0.1) is 5.92 Å². The molecular formula is C11H22N2O3. The third-order valence-corrected chi connectivity index (χ3v) is 2.79. The summed E-state index contributed by atoms with van der Waals surface area (Å²) in [6, 6.07) is 0.00179. The van der Waals surface area contributed by atoms with Gasteiger partial charge in [-0.25, -0.2) is 4.79 Å². The summed E-state index contributed by atoms with van der Waals surface area (Å²) in [6.45, 7) is 5.79. The summed E-state index contributed by atoms with van der Waals surface area (Å²) in [5, 5.41) is 11.3. The predicted molar refractivity (Wildman–Crippen MR) is 62.3 cm³/mol. The standard InChI is InChI=1S/C11H22N2O3/c1-5-9(6-2)13(4)11(16)12-7-8(3)10(14)15/h8-9H,5-7H2,1-4H3,(H,12,16)(H,14,15). The fourth-order valence-electron chi connectivity index (χ4n) is 1.45. The van der Waals surface area contributed by atoms with Crippen molar-refractivity contribution in [1.29, 1.82) is 0 Å². The Labute approximate surface area is 96.8 Å². The summed E-state index contributed by atoms with van der Waals surface area (Å²) in [5.41, 5.74) is 0. The van der Waals surface area contributed by atoms with E-state index in [2.05, 4.69) is 5.32 Å². The van der Waals surface area contributed by atoms with Gasteiger partial charge < -0.3 is 15.3 Å². The van der Waals surface area contributed by atoms with Gasteiger partial charge in [-0.2, -0.15) is 0 Å². The van der Waals surface area contributed by atoms with E-state index in [1.807, 2.05) is 13.8 Å². The first kappa shape index (κ1) is 14.7. The van der Waals surface area contributed by atoms with E-state index < -0.39 is 11.9 Å². The second-order valence-electron chi connectivity index (χ2n) is 4.01. The molecule has 0 spiro atoms. The molecule has 0 aliphatic carbocycles.